The largest absolute Gasteiger partial charge is 0.444 e. The van der Waals surface area contributed by atoms with Gasteiger partial charge in [0.25, 0.3) is 11.8 Å². The number of carbonyl (C=O) groups is 3. The Balaban J connectivity index is 1.38. The summed E-state index contributed by atoms with van der Waals surface area (Å²) in [6.45, 7) is 5.87. The van der Waals surface area contributed by atoms with Crippen molar-refractivity contribution in [2.45, 2.75) is 51.7 Å². The van der Waals surface area contributed by atoms with Crippen LogP contribution < -0.4 is 16.9 Å². The predicted molar refractivity (Wildman–Crippen MR) is 168 cm³/mol. The molecule has 1 aliphatic heterocycles. The van der Waals surface area contributed by atoms with Gasteiger partial charge < -0.3 is 21.6 Å². The first-order valence-electron chi connectivity index (χ1n) is 14.2. The lowest BCUT2D eigenvalue weighted by Gasteiger charge is -2.36. The van der Waals surface area contributed by atoms with Crippen molar-refractivity contribution in [2.24, 2.45) is 5.73 Å². The van der Waals surface area contributed by atoms with Crippen molar-refractivity contribution in [3.63, 3.8) is 0 Å². The van der Waals surface area contributed by atoms with Gasteiger partial charge in [-0.05, 0) is 87.6 Å². The highest BCUT2D eigenvalue weighted by atomic mass is 35.5. The summed E-state index contributed by atoms with van der Waals surface area (Å²) in [5.41, 5.74) is 8.02. The Kier molecular flexibility index (Phi) is 8.59. The highest BCUT2D eigenvalue weighted by Crippen LogP contribution is 2.34. The van der Waals surface area contributed by atoms with Crippen LogP contribution in [-0.2, 0) is 4.74 Å². The molecule has 3 amide bonds. The number of piperidine rings is 1. The average Bonchev–Trinajstić information content (AvgIpc) is 3.34. The van der Waals surface area contributed by atoms with Crippen LogP contribution in [0, 0.1) is 0 Å². The fourth-order valence-electron chi connectivity index (χ4n) is 5.15. The number of aromatic nitrogens is 3. The van der Waals surface area contributed by atoms with Crippen molar-refractivity contribution in [3.05, 3.63) is 89.0 Å². The molecule has 1 fully saturated rings. The third-order valence-electron chi connectivity index (χ3n) is 7.20. The number of anilines is 1. The minimum absolute atomic E-state index is 0.00451. The van der Waals surface area contributed by atoms with Crippen LogP contribution in [0.15, 0.2) is 66.9 Å². The number of nitrogens with one attached hydrogen (secondary N) is 1. The van der Waals surface area contributed by atoms with E-state index in [1.807, 2.05) is 18.2 Å². The van der Waals surface area contributed by atoms with Gasteiger partial charge in [-0.3, -0.25) is 14.5 Å². The second-order valence-electron chi connectivity index (χ2n) is 11.6. The SMILES string of the molecule is CC(C)(C)OC(=O)N1CCCC[C@H]1c1nc(-c2ccc(C(=O)Nc3cc(-c4ccc(Cl)cc4)ccn3)cc2)c(C(N)=O)n1N. The lowest BCUT2D eigenvalue weighted by molar-refractivity contribution is 0.00821. The standard InChI is InChI=1S/C32H34ClN7O4/c1-32(2,3)44-31(43)39-17-5-4-6-24(39)29-38-26(27(28(34)41)40(29)35)20-7-9-21(10-8-20)30(42)37-25-18-22(15-16-36-25)19-11-13-23(33)14-12-19/h7-16,18,24H,4-6,17,35H2,1-3H3,(H2,34,41)(H,36,37,42)/t24-/m0/s1. The Labute approximate surface area is 260 Å². The second kappa shape index (κ2) is 12.4. The molecule has 44 heavy (non-hydrogen) atoms. The van der Waals surface area contributed by atoms with Gasteiger partial charge in [-0.2, -0.15) is 0 Å². The van der Waals surface area contributed by atoms with Crippen LogP contribution in [0.5, 0.6) is 0 Å². The molecule has 1 saturated heterocycles. The summed E-state index contributed by atoms with van der Waals surface area (Å²) in [5.74, 6) is 5.96. The van der Waals surface area contributed by atoms with Gasteiger partial charge in [0.2, 0.25) is 0 Å². The fraction of sp³-hybridized carbons (Fsp3) is 0.281. The van der Waals surface area contributed by atoms with Gasteiger partial charge in [0.05, 0.1) is 6.04 Å². The van der Waals surface area contributed by atoms with E-state index in [2.05, 4.69) is 10.3 Å². The number of benzene rings is 2. The molecule has 11 nitrogen and oxygen atoms in total. The topological polar surface area (TPSA) is 158 Å². The molecule has 228 valence electrons. The normalized spacial score (nSPS) is 15.1. The molecule has 0 saturated carbocycles. The number of hydrogen-bond donors (Lipinski definition) is 3. The zero-order valence-electron chi connectivity index (χ0n) is 24.7. The maximum Gasteiger partial charge on any atom is 0.410 e. The Morgan fingerprint density at radius 3 is 2.32 bits per heavy atom. The Morgan fingerprint density at radius 1 is 0.977 bits per heavy atom. The van der Waals surface area contributed by atoms with Crippen molar-refractivity contribution in [1.29, 1.82) is 0 Å². The number of nitrogen functional groups attached to an aromatic ring is 1. The molecular weight excluding hydrogens is 582 g/mol. The average molecular weight is 616 g/mol. The summed E-state index contributed by atoms with van der Waals surface area (Å²) < 4.78 is 6.78. The maximum atomic E-state index is 13.1. The van der Waals surface area contributed by atoms with E-state index in [-0.39, 0.29) is 17.3 Å². The lowest BCUT2D eigenvalue weighted by atomic mass is 10.0. The quantitative estimate of drug-likeness (QED) is 0.231. The van der Waals surface area contributed by atoms with Crippen LogP contribution in [0.3, 0.4) is 0 Å². The monoisotopic (exact) mass is 615 g/mol. The molecule has 3 heterocycles. The highest BCUT2D eigenvalue weighted by molar-refractivity contribution is 6.30. The van der Waals surface area contributed by atoms with Gasteiger partial charge in [-0.1, -0.05) is 35.9 Å². The number of hydrogen-bond acceptors (Lipinski definition) is 7. The minimum atomic E-state index is -0.769. The first-order valence-corrected chi connectivity index (χ1v) is 14.6. The number of halogens is 1. The van der Waals surface area contributed by atoms with Gasteiger partial charge >= 0.3 is 6.09 Å². The van der Waals surface area contributed by atoms with Crippen LogP contribution in [0.1, 0.15) is 72.7 Å². The molecule has 12 heteroatoms. The van der Waals surface area contributed by atoms with Crippen LogP contribution in [0.25, 0.3) is 22.4 Å². The number of nitrogens with zero attached hydrogens (tertiary/aromatic N) is 4. The molecule has 0 unspecified atom stereocenters. The van der Waals surface area contributed by atoms with Crippen LogP contribution in [0.4, 0.5) is 10.6 Å². The minimum Gasteiger partial charge on any atom is -0.444 e. The third kappa shape index (κ3) is 6.68. The summed E-state index contributed by atoms with van der Waals surface area (Å²) >= 11 is 6.00. The number of carbonyl (C=O) groups excluding carboxylic acids is 3. The molecule has 1 atom stereocenters. The number of ether oxygens (including phenoxy) is 1. The summed E-state index contributed by atoms with van der Waals surface area (Å²) in [4.78, 5) is 49.2. The zero-order valence-corrected chi connectivity index (χ0v) is 25.5. The van der Waals surface area contributed by atoms with E-state index in [4.69, 9.17) is 32.9 Å². The van der Waals surface area contributed by atoms with Gasteiger partial charge in [0, 0.05) is 28.9 Å². The number of primary amides is 1. The molecular formula is C32H34ClN7O4. The van der Waals surface area contributed by atoms with Gasteiger partial charge in [-0.15, -0.1) is 0 Å². The molecule has 5 N–H and O–H groups in total. The Hall–Kier alpha value is -4.90. The first-order chi connectivity index (χ1) is 20.9. The molecule has 1 aliphatic rings. The first kappa shape index (κ1) is 30.6. The summed E-state index contributed by atoms with van der Waals surface area (Å²) in [7, 11) is 0. The molecule has 2 aromatic heterocycles. The highest BCUT2D eigenvalue weighted by Gasteiger charge is 2.36. The fourth-order valence-corrected chi connectivity index (χ4v) is 5.28. The maximum absolute atomic E-state index is 13.1. The molecule has 0 aliphatic carbocycles. The Morgan fingerprint density at radius 2 is 1.66 bits per heavy atom. The third-order valence-corrected chi connectivity index (χ3v) is 7.45. The zero-order chi connectivity index (χ0) is 31.6. The van der Waals surface area contributed by atoms with E-state index in [9.17, 15) is 14.4 Å². The van der Waals surface area contributed by atoms with Gasteiger partial charge in [-0.25, -0.2) is 19.4 Å². The van der Waals surface area contributed by atoms with Crippen molar-refractivity contribution in [2.75, 3.05) is 17.7 Å². The summed E-state index contributed by atoms with van der Waals surface area (Å²) in [6.07, 6.45) is 3.39. The van der Waals surface area contributed by atoms with Crippen molar-refractivity contribution >= 4 is 35.3 Å². The number of rotatable bonds is 6. The second-order valence-corrected chi connectivity index (χ2v) is 12.0. The lowest BCUT2D eigenvalue weighted by Crippen LogP contribution is -2.43. The van der Waals surface area contributed by atoms with E-state index >= 15 is 0 Å². The van der Waals surface area contributed by atoms with E-state index in [0.29, 0.717) is 40.8 Å². The van der Waals surface area contributed by atoms with E-state index < -0.39 is 23.6 Å². The smallest absolute Gasteiger partial charge is 0.410 e. The number of imidazole rings is 1. The molecule has 5 rings (SSSR count). The van der Waals surface area contributed by atoms with Crippen molar-refractivity contribution in [1.82, 2.24) is 19.5 Å². The van der Waals surface area contributed by atoms with Crippen LogP contribution in [-0.4, -0.2) is 49.6 Å². The molecule has 0 radical (unpaired) electrons. The summed E-state index contributed by atoms with van der Waals surface area (Å²) in [5, 5.41) is 3.45. The number of pyridine rings is 1. The predicted octanol–water partition coefficient (Wildman–Crippen LogP) is 5.79. The van der Waals surface area contributed by atoms with E-state index in [1.165, 1.54) is 0 Å². The van der Waals surface area contributed by atoms with E-state index in [0.717, 1.165) is 28.6 Å². The van der Waals surface area contributed by atoms with Crippen LogP contribution >= 0.6 is 11.6 Å². The van der Waals surface area contributed by atoms with Gasteiger partial charge in [0.1, 0.15) is 17.1 Å². The van der Waals surface area contributed by atoms with Crippen LogP contribution in [0.2, 0.25) is 5.02 Å². The van der Waals surface area contributed by atoms with Gasteiger partial charge in [0.15, 0.2) is 11.5 Å². The Bertz CT molecular complexity index is 1700. The van der Waals surface area contributed by atoms with E-state index in [1.54, 1.807) is 74.3 Å². The molecule has 2 aromatic carbocycles. The summed E-state index contributed by atoms with van der Waals surface area (Å²) in [6, 6.07) is 17.0. The number of amides is 3. The molecule has 4 aromatic rings. The molecule has 0 spiro atoms. The van der Waals surface area contributed by atoms with Crippen molar-refractivity contribution in [3.8, 4) is 22.4 Å². The number of likely N-dealkylation sites (tertiary alicyclic amines) is 1. The molecule has 0 bridgehead atoms. The van der Waals surface area contributed by atoms with Crippen molar-refractivity contribution < 1.29 is 19.1 Å². The number of nitrogens with two attached hydrogens (primary N) is 2.